The Bertz CT molecular complexity index is 400. The molecule has 1 aliphatic rings. The molecule has 0 radical (unpaired) electrons. The van der Waals surface area contributed by atoms with E-state index in [1.807, 2.05) is 20.8 Å². The van der Waals surface area contributed by atoms with Crippen molar-refractivity contribution in [1.82, 2.24) is 4.90 Å². The Morgan fingerprint density at radius 3 is 2.53 bits per heavy atom. The van der Waals surface area contributed by atoms with E-state index in [9.17, 15) is 19.1 Å². The number of imide groups is 1. The molecule has 0 aromatic rings. The van der Waals surface area contributed by atoms with Gasteiger partial charge in [0.25, 0.3) is 5.91 Å². The number of hydrogen-bond acceptors (Lipinski definition) is 4. The van der Waals surface area contributed by atoms with E-state index in [1.54, 1.807) is 0 Å². The van der Waals surface area contributed by atoms with Crippen LogP contribution in [0, 0.1) is 5.41 Å². The molecule has 5 nitrogen and oxygen atoms in total. The molecule has 1 rings (SSSR count). The van der Waals surface area contributed by atoms with Crippen molar-refractivity contribution in [3.05, 3.63) is 12.7 Å². The third kappa shape index (κ3) is 2.78. The van der Waals surface area contributed by atoms with Gasteiger partial charge in [-0.1, -0.05) is 26.8 Å². The van der Waals surface area contributed by atoms with E-state index >= 15 is 0 Å². The largest absolute Gasteiger partial charge is 0.447 e. The first-order valence-electron chi connectivity index (χ1n) is 6.03. The van der Waals surface area contributed by atoms with Crippen molar-refractivity contribution in [3.63, 3.8) is 0 Å². The second-order valence-corrected chi connectivity index (χ2v) is 5.89. The number of cyclic esters (lactones) is 1. The lowest BCUT2D eigenvalue weighted by Crippen LogP contribution is -2.56. The van der Waals surface area contributed by atoms with Crippen LogP contribution in [-0.4, -0.2) is 46.4 Å². The van der Waals surface area contributed by atoms with Crippen LogP contribution in [0.1, 0.15) is 27.7 Å². The number of amides is 2. The Labute approximate surface area is 112 Å². The molecule has 0 spiro atoms. The zero-order chi connectivity index (χ0) is 15.0. The summed E-state index contributed by atoms with van der Waals surface area (Å²) in [6.07, 6.45) is -1.65. The second-order valence-electron chi connectivity index (χ2n) is 5.89. The molecule has 108 valence electrons. The summed E-state index contributed by atoms with van der Waals surface area (Å²) in [5.41, 5.74) is -3.06. The highest BCUT2D eigenvalue weighted by atomic mass is 19.1. The summed E-state index contributed by atoms with van der Waals surface area (Å²) in [5.74, 6) is -1.11. The van der Waals surface area contributed by atoms with Crippen molar-refractivity contribution in [1.29, 1.82) is 0 Å². The minimum absolute atomic E-state index is 0.0222. The van der Waals surface area contributed by atoms with Crippen LogP contribution in [0.2, 0.25) is 0 Å². The van der Waals surface area contributed by atoms with Crippen molar-refractivity contribution in [2.45, 2.75) is 45.5 Å². The Kier molecular flexibility index (Phi) is 4.05. The van der Waals surface area contributed by atoms with E-state index in [1.165, 1.54) is 0 Å². The predicted molar refractivity (Wildman–Crippen MR) is 67.2 cm³/mol. The molecule has 1 N–H and O–H groups in total. The average Bonchev–Trinajstić information content (AvgIpc) is 2.68. The maximum atomic E-state index is 14.3. The van der Waals surface area contributed by atoms with Gasteiger partial charge in [-0.15, -0.1) is 6.58 Å². The number of carbonyl (C=O) groups excluding carboxylic acids is 2. The van der Waals surface area contributed by atoms with Gasteiger partial charge in [0.15, 0.2) is 0 Å². The van der Waals surface area contributed by atoms with Crippen molar-refractivity contribution in [3.8, 4) is 0 Å². The molecule has 1 saturated heterocycles. The number of aliphatic hydroxyl groups excluding tert-OH is 1. The van der Waals surface area contributed by atoms with Gasteiger partial charge in [0.05, 0.1) is 6.04 Å². The average molecular weight is 273 g/mol. The topological polar surface area (TPSA) is 66.8 Å². The highest BCUT2D eigenvalue weighted by Crippen LogP contribution is 2.32. The zero-order valence-electron chi connectivity index (χ0n) is 11.6. The van der Waals surface area contributed by atoms with Crippen molar-refractivity contribution in [2.24, 2.45) is 5.41 Å². The molecule has 19 heavy (non-hydrogen) atoms. The molecule has 0 aliphatic carbocycles. The van der Waals surface area contributed by atoms with E-state index < -0.39 is 35.2 Å². The molecule has 0 saturated carbocycles. The fourth-order valence-electron chi connectivity index (χ4n) is 1.87. The van der Waals surface area contributed by atoms with Gasteiger partial charge in [-0.3, -0.25) is 4.79 Å². The van der Waals surface area contributed by atoms with E-state index in [0.717, 1.165) is 17.9 Å². The summed E-state index contributed by atoms with van der Waals surface area (Å²) in [6, 6.07) is -0.570. The fourth-order valence-corrected chi connectivity index (χ4v) is 1.87. The molecule has 1 fully saturated rings. The van der Waals surface area contributed by atoms with Gasteiger partial charge in [-0.25, -0.2) is 14.1 Å². The molecule has 1 heterocycles. The third-order valence-electron chi connectivity index (χ3n) is 3.29. The van der Waals surface area contributed by atoms with E-state index in [0.29, 0.717) is 0 Å². The lowest BCUT2D eigenvalue weighted by molar-refractivity contribution is -0.147. The number of nitrogens with zero attached hydrogens (tertiary/aromatic N) is 1. The monoisotopic (exact) mass is 273 g/mol. The number of rotatable bonds is 3. The second kappa shape index (κ2) is 4.92. The summed E-state index contributed by atoms with van der Waals surface area (Å²) in [4.78, 5) is 24.6. The SMILES string of the molecule is C=C[C@@H](O)[C@@](C)(F)C(=O)N1C(=O)OC[C@H]1C(C)(C)C. The predicted octanol–water partition coefficient (Wildman–Crippen LogP) is 1.66. The van der Waals surface area contributed by atoms with Crippen LogP contribution in [0.4, 0.5) is 9.18 Å². The first-order valence-corrected chi connectivity index (χ1v) is 6.03. The summed E-state index contributed by atoms with van der Waals surface area (Å²) in [5, 5.41) is 9.50. The number of ether oxygens (including phenoxy) is 1. The van der Waals surface area contributed by atoms with Crippen LogP contribution in [0.15, 0.2) is 12.7 Å². The lowest BCUT2D eigenvalue weighted by Gasteiger charge is -2.34. The number of alkyl halides is 1. The fraction of sp³-hybridized carbons (Fsp3) is 0.692. The van der Waals surface area contributed by atoms with Gasteiger partial charge in [-0.2, -0.15) is 0 Å². The molecule has 1 aliphatic heterocycles. The normalized spacial score (nSPS) is 24.6. The quantitative estimate of drug-likeness (QED) is 0.794. The summed E-state index contributed by atoms with van der Waals surface area (Å²) in [6.45, 7) is 9.65. The highest BCUT2D eigenvalue weighted by Gasteiger charge is 2.52. The molecule has 0 aromatic heterocycles. The van der Waals surface area contributed by atoms with E-state index in [2.05, 4.69) is 6.58 Å². The van der Waals surface area contributed by atoms with E-state index in [-0.39, 0.29) is 6.61 Å². The maximum Gasteiger partial charge on any atom is 0.417 e. The molecule has 6 heteroatoms. The van der Waals surface area contributed by atoms with Crippen LogP contribution >= 0.6 is 0 Å². The first kappa shape index (κ1) is 15.6. The molecule has 2 amide bonds. The third-order valence-corrected chi connectivity index (χ3v) is 3.29. The summed E-state index contributed by atoms with van der Waals surface area (Å²) < 4.78 is 19.2. The number of halogens is 1. The highest BCUT2D eigenvalue weighted by molar-refractivity contribution is 5.98. The van der Waals surface area contributed by atoms with Crippen molar-refractivity contribution < 1.29 is 23.8 Å². The number of aliphatic hydroxyl groups is 1. The summed E-state index contributed by atoms with van der Waals surface area (Å²) >= 11 is 0. The molecule has 0 bridgehead atoms. The van der Waals surface area contributed by atoms with Gasteiger partial charge in [0.2, 0.25) is 5.67 Å². The van der Waals surface area contributed by atoms with Crippen LogP contribution < -0.4 is 0 Å². The number of hydrogen-bond donors (Lipinski definition) is 1. The maximum absolute atomic E-state index is 14.3. The van der Waals surface area contributed by atoms with Gasteiger partial charge >= 0.3 is 6.09 Å². The van der Waals surface area contributed by atoms with Gasteiger partial charge < -0.3 is 9.84 Å². The van der Waals surface area contributed by atoms with Gasteiger partial charge in [0, 0.05) is 0 Å². The minimum atomic E-state index is -2.62. The van der Waals surface area contributed by atoms with Crippen LogP contribution in [0.25, 0.3) is 0 Å². The molecular formula is C13H20FNO4. The minimum Gasteiger partial charge on any atom is -0.447 e. The Morgan fingerprint density at radius 2 is 2.11 bits per heavy atom. The molecular weight excluding hydrogens is 253 g/mol. The van der Waals surface area contributed by atoms with Crippen LogP contribution in [0.5, 0.6) is 0 Å². The van der Waals surface area contributed by atoms with Crippen LogP contribution in [-0.2, 0) is 9.53 Å². The zero-order valence-corrected chi connectivity index (χ0v) is 11.6. The molecule has 0 unspecified atom stereocenters. The Balaban J connectivity index is 3.09. The molecule has 0 aromatic carbocycles. The molecule has 3 atom stereocenters. The Hall–Kier alpha value is -1.43. The first-order chi connectivity index (χ1) is 8.53. The summed E-state index contributed by atoms with van der Waals surface area (Å²) in [7, 11) is 0. The Morgan fingerprint density at radius 1 is 1.58 bits per heavy atom. The van der Waals surface area contributed by atoms with Gasteiger partial charge in [-0.05, 0) is 12.3 Å². The van der Waals surface area contributed by atoms with Crippen molar-refractivity contribution in [2.75, 3.05) is 6.61 Å². The van der Waals surface area contributed by atoms with E-state index in [4.69, 9.17) is 4.74 Å². The number of carbonyl (C=O) groups is 2. The smallest absolute Gasteiger partial charge is 0.417 e. The van der Waals surface area contributed by atoms with Gasteiger partial charge in [0.1, 0.15) is 12.7 Å². The lowest BCUT2D eigenvalue weighted by atomic mass is 9.85. The van der Waals surface area contributed by atoms with Crippen molar-refractivity contribution >= 4 is 12.0 Å². The standard InChI is InChI=1S/C13H20FNO4/c1-6-9(16)13(5,14)10(17)15-8(12(2,3)4)7-19-11(15)18/h6,8-9,16H,1,7H2,2-5H3/t8-,9+,13+/m0/s1. The van der Waals surface area contributed by atoms with Crippen LogP contribution in [0.3, 0.4) is 0 Å².